The fraction of sp³-hybridized carbons (Fsp3) is 0.600. The highest BCUT2D eigenvalue weighted by atomic mass is 16.2. The van der Waals surface area contributed by atoms with E-state index in [0.717, 1.165) is 37.2 Å². The molecular formula is C25H32N4O. The summed E-state index contributed by atoms with van der Waals surface area (Å²) < 4.78 is 2.37. The number of hydrogen-bond donors (Lipinski definition) is 0. The van der Waals surface area contributed by atoms with Crippen LogP contribution in [0.3, 0.4) is 0 Å². The quantitative estimate of drug-likeness (QED) is 0.749. The summed E-state index contributed by atoms with van der Waals surface area (Å²) in [5.74, 6) is 2.90. The van der Waals surface area contributed by atoms with E-state index in [1.54, 1.807) is 6.92 Å². The van der Waals surface area contributed by atoms with Crippen LogP contribution in [0, 0.1) is 11.8 Å². The summed E-state index contributed by atoms with van der Waals surface area (Å²) in [5, 5.41) is 5.31. The molecule has 5 nitrogen and oxygen atoms in total. The van der Waals surface area contributed by atoms with Gasteiger partial charge in [0.15, 0.2) is 5.82 Å². The van der Waals surface area contributed by atoms with Crippen LogP contribution in [-0.2, 0) is 24.2 Å². The molecule has 1 aromatic heterocycles. The number of fused-ring (bicyclic) bond motifs is 2. The Bertz CT molecular complexity index is 970. The molecule has 6 rings (SSSR count). The Morgan fingerprint density at radius 2 is 1.87 bits per heavy atom. The van der Waals surface area contributed by atoms with E-state index in [-0.39, 0.29) is 5.91 Å². The highest BCUT2D eigenvalue weighted by Gasteiger charge is 2.39. The fourth-order valence-electron chi connectivity index (χ4n) is 6.08. The zero-order chi connectivity index (χ0) is 20.2. The van der Waals surface area contributed by atoms with Crippen LogP contribution in [0.4, 0.5) is 11.5 Å². The molecule has 2 fully saturated rings. The van der Waals surface area contributed by atoms with Gasteiger partial charge >= 0.3 is 0 Å². The lowest BCUT2D eigenvalue weighted by Crippen LogP contribution is -2.37. The third-order valence-corrected chi connectivity index (χ3v) is 7.91. The largest absolute Gasteiger partial charge is 0.338 e. The highest BCUT2D eigenvalue weighted by molar-refractivity contribution is 5.75. The standard InChI is InChI=1S/C25H32N4O/c1-17(30)27-13-12-24-22(16-27)25(26-29(24)21-7-3-4-8-21)28-15-20(18-10-11-18)14-19-6-2-5-9-23(19)28/h2,5-6,9,18,20-21H,3-4,7-8,10-16H2,1H3. The first-order valence-electron chi connectivity index (χ1n) is 11.9. The molecule has 1 atom stereocenters. The van der Waals surface area contributed by atoms with Crippen LogP contribution in [0.5, 0.6) is 0 Å². The topological polar surface area (TPSA) is 41.4 Å². The first-order chi connectivity index (χ1) is 14.7. The van der Waals surface area contributed by atoms with Crippen molar-refractivity contribution in [3.8, 4) is 0 Å². The molecule has 2 saturated carbocycles. The zero-order valence-corrected chi connectivity index (χ0v) is 18.0. The molecule has 2 aromatic rings. The minimum Gasteiger partial charge on any atom is -0.338 e. The van der Waals surface area contributed by atoms with E-state index in [1.807, 2.05) is 4.90 Å². The molecule has 1 aromatic carbocycles. The molecule has 0 saturated heterocycles. The lowest BCUT2D eigenvalue weighted by atomic mass is 9.88. The van der Waals surface area contributed by atoms with Gasteiger partial charge in [0.2, 0.25) is 5.91 Å². The number of rotatable bonds is 3. The maximum atomic E-state index is 12.2. The van der Waals surface area contributed by atoms with Crippen molar-refractivity contribution in [2.24, 2.45) is 11.8 Å². The number of para-hydroxylation sites is 1. The normalized spacial score (nSPS) is 24.1. The van der Waals surface area contributed by atoms with Crippen LogP contribution in [0.25, 0.3) is 0 Å². The van der Waals surface area contributed by atoms with Gasteiger partial charge in [-0.15, -0.1) is 0 Å². The van der Waals surface area contributed by atoms with Crippen LogP contribution in [0.1, 0.15) is 68.3 Å². The van der Waals surface area contributed by atoms with E-state index in [0.29, 0.717) is 12.6 Å². The molecule has 5 heteroatoms. The average molecular weight is 405 g/mol. The van der Waals surface area contributed by atoms with Gasteiger partial charge in [-0.3, -0.25) is 9.48 Å². The number of hydrogen-bond acceptors (Lipinski definition) is 3. The maximum Gasteiger partial charge on any atom is 0.219 e. The van der Waals surface area contributed by atoms with E-state index < -0.39 is 0 Å². The average Bonchev–Trinajstić information content (AvgIpc) is 3.34. The summed E-state index contributed by atoms with van der Waals surface area (Å²) in [5.41, 5.74) is 5.48. The van der Waals surface area contributed by atoms with Crippen molar-refractivity contribution in [1.29, 1.82) is 0 Å². The van der Waals surface area contributed by atoms with Gasteiger partial charge in [0.1, 0.15) is 0 Å². The molecule has 0 spiro atoms. The summed E-state index contributed by atoms with van der Waals surface area (Å²) in [6.07, 6.45) is 9.99. The Labute approximate surface area is 179 Å². The first kappa shape index (κ1) is 18.5. The van der Waals surface area contributed by atoms with Crippen molar-refractivity contribution < 1.29 is 4.79 Å². The van der Waals surface area contributed by atoms with Gasteiger partial charge < -0.3 is 9.80 Å². The number of carbonyl (C=O) groups excluding carboxylic acids is 1. The number of anilines is 2. The fourth-order valence-corrected chi connectivity index (χ4v) is 6.08. The van der Waals surface area contributed by atoms with Gasteiger partial charge in [0, 0.05) is 43.4 Å². The third-order valence-electron chi connectivity index (χ3n) is 7.91. The Morgan fingerprint density at radius 3 is 2.63 bits per heavy atom. The van der Waals surface area contributed by atoms with E-state index in [2.05, 4.69) is 33.8 Å². The molecule has 0 bridgehead atoms. The number of aromatic nitrogens is 2. The molecule has 158 valence electrons. The zero-order valence-electron chi connectivity index (χ0n) is 18.0. The molecular weight excluding hydrogens is 372 g/mol. The molecule has 4 aliphatic rings. The van der Waals surface area contributed by atoms with Crippen molar-refractivity contribution in [3.05, 3.63) is 41.1 Å². The highest BCUT2D eigenvalue weighted by Crippen LogP contribution is 2.46. The SMILES string of the molecule is CC(=O)N1CCc2c(c(N3CC(C4CC4)Cc4ccccc43)nn2C2CCCC2)C1. The van der Waals surface area contributed by atoms with Crippen LogP contribution in [0.2, 0.25) is 0 Å². The second kappa shape index (κ2) is 7.14. The predicted molar refractivity (Wildman–Crippen MR) is 118 cm³/mol. The van der Waals surface area contributed by atoms with Crippen molar-refractivity contribution in [2.75, 3.05) is 18.0 Å². The minimum atomic E-state index is 0.176. The molecule has 2 aliphatic carbocycles. The summed E-state index contributed by atoms with van der Waals surface area (Å²) in [7, 11) is 0. The second-order valence-corrected chi connectivity index (χ2v) is 9.86. The lowest BCUT2D eigenvalue weighted by molar-refractivity contribution is -0.129. The van der Waals surface area contributed by atoms with E-state index in [1.165, 1.54) is 67.5 Å². The first-order valence-corrected chi connectivity index (χ1v) is 11.9. The summed E-state index contributed by atoms with van der Waals surface area (Å²) in [4.78, 5) is 16.7. The minimum absolute atomic E-state index is 0.176. The number of amides is 1. The molecule has 1 amide bonds. The number of benzene rings is 1. The smallest absolute Gasteiger partial charge is 0.219 e. The molecule has 0 radical (unpaired) electrons. The van der Waals surface area contributed by atoms with Crippen molar-refractivity contribution in [1.82, 2.24) is 14.7 Å². The second-order valence-electron chi connectivity index (χ2n) is 9.86. The van der Waals surface area contributed by atoms with Crippen molar-refractivity contribution in [2.45, 2.75) is 70.9 Å². The molecule has 1 unspecified atom stereocenters. The number of carbonyl (C=O) groups is 1. The van der Waals surface area contributed by atoms with Crippen molar-refractivity contribution >= 4 is 17.4 Å². The van der Waals surface area contributed by atoms with Gasteiger partial charge in [-0.25, -0.2) is 0 Å². The van der Waals surface area contributed by atoms with Gasteiger partial charge in [0.25, 0.3) is 0 Å². The molecule has 0 N–H and O–H groups in total. The molecule has 3 heterocycles. The van der Waals surface area contributed by atoms with E-state index in [4.69, 9.17) is 5.10 Å². The van der Waals surface area contributed by atoms with Gasteiger partial charge in [-0.05, 0) is 55.6 Å². The summed E-state index contributed by atoms with van der Waals surface area (Å²) >= 11 is 0. The number of nitrogens with zero attached hydrogens (tertiary/aromatic N) is 4. The Morgan fingerprint density at radius 1 is 1.07 bits per heavy atom. The van der Waals surface area contributed by atoms with Gasteiger partial charge in [0.05, 0.1) is 12.6 Å². The van der Waals surface area contributed by atoms with Crippen LogP contribution < -0.4 is 4.90 Å². The maximum absolute atomic E-state index is 12.2. The lowest BCUT2D eigenvalue weighted by Gasteiger charge is -2.36. The van der Waals surface area contributed by atoms with Gasteiger partial charge in [-0.2, -0.15) is 5.10 Å². The third kappa shape index (κ3) is 3.05. The van der Waals surface area contributed by atoms with E-state index >= 15 is 0 Å². The van der Waals surface area contributed by atoms with Crippen LogP contribution >= 0.6 is 0 Å². The monoisotopic (exact) mass is 404 g/mol. The van der Waals surface area contributed by atoms with E-state index in [9.17, 15) is 4.79 Å². The summed E-state index contributed by atoms with van der Waals surface area (Å²) in [6, 6.07) is 9.45. The Kier molecular flexibility index (Phi) is 4.39. The predicted octanol–water partition coefficient (Wildman–Crippen LogP) is 4.62. The molecule has 30 heavy (non-hydrogen) atoms. The Hall–Kier alpha value is -2.30. The van der Waals surface area contributed by atoms with Crippen molar-refractivity contribution in [3.63, 3.8) is 0 Å². The van der Waals surface area contributed by atoms with Crippen LogP contribution in [-0.4, -0.2) is 33.7 Å². The Balaban J connectivity index is 1.46. The summed E-state index contributed by atoms with van der Waals surface area (Å²) in [6.45, 7) is 4.29. The van der Waals surface area contributed by atoms with Gasteiger partial charge in [-0.1, -0.05) is 31.0 Å². The van der Waals surface area contributed by atoms with Crippen LogP contribution in [0.15, 0.2) is 24.3 Å². The molecule has 2 aliphatic heterocycles.